The maximum Gasteiger partial charge on any atom is 0.266 e. The van der Waals surface area contributed by atoms with Crippen LogP contribution in [0, 0.1) is 17.0 Å². The number of benzene rings is 2. The van der Waals surface area contributed by atoms with Crippen molar-refractivity contribution < 1.29 is 22.3 Å². The zero-order valence-electron chi connectivity index (χ0n) is 24.8. The van der Waals surface area contributed by atoms with E-state index in [0.717, 1.165) is 45.2 Å². The number of hydrogen-bond donors (Lipinski definition) is 1. The molecule has 4 heterocycles. The molecular formula is C31H41F4N5O. The van der Waals surface area contributed by atoms with E-state index in [9.17, 15) is 13.2 Å². The summed E-state index contributed by atoms with van der Waals surface area (Å²) in [5, 5.41) is 3.69. The van der Waals surface area contributed by atoms with Gasteiger partial charge in [0.2, 0.25) is 5.78 Å². The number of nitrogens with zero attached hydrogens (tertiary/aromatic N) is 4. The molecule has 41 heavy (non-hydrogen) atoms. The Kier molecular flexibility index (Phi) is 11.3. The molecule has 0 radical (unpaired) electrons. The van der Waals surface area contributed by atoms with Crippen LogP contribution >= 0.6 is 0 Å². The molecule has 6 rings (SSSR count). The van der Waals surface area contributed by atoms with Crippen molar-refractivity contribution in [3.8, 4) is 0 Å². The molecule has 2 aromatic heterocycles. The van der Waals surface area contributed by atoms with Gasteiger partial charge in [-0.15, -0.1) is 0 Å². The number of ether oxygens (including phenoxy) is 1. The molecule has 2 aliphatic heterocycles. The summed E-state index contributed by atoms with van der Waals surface area (Å²) in [6, 6.07) is 7.12. The SMILES string of the molecule is CC.CC.CC.Fc1cc2c(cc1N1CC3(CCOCC3)C1)c(NCc1cccc(C(F)F)c1F)nc1nccn12. The first kappa shape index (κ1) is 32.1. The average molecular weight is 576 g/mol. The topological polar surface area (TPSA) is 54.7 Å². The minimum Gasteiger partial charge on any atom is -0.381 e. The predicted molar refractivity (Wildman–Crippen MR) is 158 cm³/mol. The largest absolute Gasteiger partial charge is 0.381 e. The molecule has 1 N–H and O–H groups in total. The highest BCUT2D eigenvalue weighted by molar-refractivity contribution is 5.94. The van der Waals surface area contributed by atoms with E-state index >= 15 is 4.39 Å². The minimum absolute atomic E-state index is 0.0646. The third kappa shape index (κ3) is 6.58. The lowest BCUT2D eigenvalue weighted by Crippen LogP contribution is -2.58. The van der Waals surface area contributed by atoms with E-state index in [2.05, 4.69) is 15.3 Å². The molecular weight excluding hydrogens is 534 g/mol. The highest BCUT2D eigenvalue weighted by Gasteiger charge is 2.44. The molecule has 2 saturated heterocycles. The van der Waals surface area contributed by atoms with Crippen molar-refractivity contribution in [1.29, 1.82) is 0 Å². The van der Waals surface area contributed by atoms with E-state index in [-0.39, 0.29) is 23.3 Å². The number of alkyl halides is 2. The Morgan fingerprint density at radius 3 is 2.34 bits per heavy atom. The first-order valence-corrected chi connectivity index (χ1v) is 14.5. The number of aromatic nitrogens is 3. The molecule has 0 aliphatic carbocycles. The van der Waals surface area contributed by atoms with E-state index in [1.54, 1.807) is 22.9 Å². The minimum atomic E-state index is -2.91. The zero-order chi connectivity index (χ0) is 30.2. The zero-order valence-corrected chi connectivity index (χ0v) is 24.8. The van der Waals surface area contributed by atoms with E-state index in [1.807, 2.05) is 46.4 Å². The van der Waals surface area contributed by atoms with Crippen LogP contribution in [0.15, 0.2) is 42.7 Å². The summed E-state index contributed by atoms with van der Waals surface area (Å²) in [5.41, 5.74) is 0.646. The predicted octanol–water partition coefficient (Wildman–Crippen LogP) is 8.41. The summed E-state index contributed by atoms with van der Waals surface area (Å²) in [6.07, 6.45) is 2.28. The van der Waals surface area contributed by atoms with Crippen LogP contribution in [-0.4, -0.2) is 40.7 Å². The maximum absolute atomic E-state index is 15.3. The van der Waals surface area contributed by atoms with Crippen molar-refractivity contribution in [1.82, 2.24) is 14.4 Å². The fraction of sp³-hybridized carbons (Fsp3) is 0.484. The molecule has 0 amide bonds. The van der Waals surface area contributed by atoms with Crippen LogP contribution in [0.5, 0.6) is 0 Å². The summed E-state index contributed by atoms with van der Waals surface area (Å²) in [5.74, 6) is -0.570. The average Bonchev–Trinajstić information content (AvgIpc) is 3.47. The normalized spacial score (nSPS) is 15.3. The molecule has 0 unspecified atom stereocenters. The lowest BCUT2D eigenvalue weighted by atomic mass is 9.73. The molecule has 2 fully saturated rings. The molecule has 0 saturated carbocycles. The first-order chi connectivity index (χ1) is 19.9. The van der Waals surface area contributed by atoms with E-state index < -0.39 is 17.8 Å². The summed E-state index contributed by atoms with van der Waals surface area (Å²) < 4.78 is 63.2. The molecule has 2 aromatic carbocycles. The van der Waals surface area contributed by atoms with Gasteiger partial charge in [0.15, 0.2) is 0 Å². The van der Waals surface area contributed by atoms with Crippen LogP contribution in [0.25, 0.3) is 16.7 Å². The number of fused-ring (bicyclic) bond motifs is 3. The molecule has 4 aromatic rings. The Hall–Kier alpha value is -3.40. The lowest BCUT2D eigenvalue weighted by molar-refractivity contribution is -0.000379. The summed E-state index contributed by atoms with van der Waals surface area (Å²) in [7, 11) is 0. The van der Waals surface area contributed by atoms with Gasteiger partial charge in [0, 0.05) is 67.7 Å². The summed E-state index contributed by atoms with van der Waals surface area (Å²) in [4.78, 5) is 10.8. The van der Waals surface area contributed by atoms with Gasteiger partial charge >= 0.3 is 0 Å². The van der Waals surface area contributed by atoms with Crippen LogP contribution in [0.3, 0.4) is 0 Å². The Morgan fingerprint density at radius 1 is 1.00 bits per heavy atom. The first-order valence-electron chi connectivity index (χ1n) is 14.5. The van der Waals surface area contributed by atoms with Crippen molar-refractivity contribution in [2.45, 2.75) is 67.4 Å². The Balaban J connectivity index is 0.000000725. The lowest BCUT2D eigenvalue weighted by Gasteiger charge is -2.53. The van der Waals surface area contributed by atoms with Crippen LogP contribution in [0.4, 0.5) is 29.1 Å². The highest BCUT2D eigenvalue weighted by Crippen LogP contribution is 2.44. The number of halogens is 4. The van der Waals surface area contributed by atoms with Gasteiger partial charge in [-0.3, -0.25) is 4.40 Å². The molecule has 2 aliphatic rings. The molecule has 6 nitrogen and oxygen atoms in total. The molecule has 1 spiro atoms. The number of imidazole rings is 1. The third-order valence-corrected chi connectivity index (χ3v) is 7.15. The molecule has 0 bridgehead atoms. The Bertz CT molecular complexity index is 1410. The maximum atomic E-state index is 15.3. The molecule has 0 atom stereocenters. The number of nitrogens with one attached hydrogen (secondary N) is 1. The summed E-state index contributed by atoms with van der Waals surface area (Å²) in [6.45, 7) is 14.9. The monoisotopic (exact) mass is 575 g/mol. The van der Waals surface area contributed by atoms with Gasteiger partial charge in [-0.05, 0) is 18.9 Å². The third-order valence-electron chi connectivity index (χ3n) is 7.15. The van der Waals surface area contributed by atoms with Gasteiger partial charge in [0.25, 0.3) is 6.43 Å². The van der Waals surface area contributed by atoms with Gasteiger partial charge in [-0.25, -0.2) is 22.5 Å². The van der Waals surface area contributed by atoms with Crippen LogP contribution < -0.4 is 10.2 Å². The van der Waals surface area contributed by atoms with Crippen LogP contribution in [0.2, 0.25) is 0 Å². The fourth-order valence-corrected chi connectivity index (χ4v) is 5.18. The number of anilines is 2. The highest BCUT2D eigenvalue weighted by atomic mass is 19.3. The molecule has 10 heteroatoms. The Labute approximate surface area is 239 Å². The van der Waals surface area contributed by atoms with E-state index in [4.69, 9.17) is 4.74 Å². The quantitative estimate of drug-likeness (QED) is 0.242. The second-order valence-corrected chi connectivity index (χ2v) is 9.32. The van der Waals surface area contributed by atoms with Crippen molar-refractivity contribution >= 4 is 28.2 Å². The van der Waals surface area contributed by atoms with Crippen molar-refractivity contribution in [2.75, 3.05) is 36.5 Å². The van der Waals surface area contributed by atoms with Gasteiger partial charge in [-0.2, -0.15) is 4.98 Å². The summed E-state index contributed by atoms with van der Waals surface area (Å²) >= 11 is 0. The smallest absolute Gasteiger partial charge is 0.266 e. The fourth-order valence-electron chi connectivity index (χ4n) is 5.18. The van der Waals surface area contributed by atoms with E-state index in [0.29, 0.717) is 28.2 Å². The van der Waals surface area contributed by atoms with Crippen molar-refractivity contribution in [3.63, 3.8) is 0 Å². The van der Waals surface area contributed by atoms with Crippen molar-refractivity contribution in [3.05, 3.63) is 65.5 Å². The van der Waals surface area contributed by atoms with Crippen molar-refractivity contribution in [2.24, 2.45) is 5.41 Å². The Morgan fingerprint density at radius 2 is 1.68 bits per heavy atom. The second kappa shape index (κ2) is 14.5. The van der Waals surface area contributed by atoms with Gasteiger partial charge in [0.1, 0.15) is 17.5 Å². The van der Waals surface area contributed by atoms with Crippen LogP contribution in [0.1, 0.15) is 71.9 Å². The number of rotatable bonds is 5. The second-order valence-electron chi connectivity index (χ2n) is 9.32. The van der Waals surface area contributed by atoms with Gasteiger partial charge < -0.3 is 15.0 Å². The van der Waals surface area contributed by atoms with Crippen LogP contribution in [-0.2, 0) is 11.3 Å². The number of hydrogen-bond acceptors (Lipinski definition) is 5. The van der Waals surface area contributed by atoms with E-state index in [1.165, 1.54) is 18.2 Å². The molecule has 224 valence electrons. The van der Waals surface area contributed by atoms with Gasteiger partial charge in [-0.1, -0.05) is 59.7 Å². The standard InChI is InChI=1S/C25H23F4N5O.3C2H6/c26-18-11-19-17(10-20(18)33-13-25(14-33)4-8-35-9-5-25)23(32-24-30-6-7-34(19)24)31-12-15-2-1-3-16(21(15)27)22(28)29;3*1-2/h1-3,6-7,10-11,22H,4-5,8-9,12-14H2,(H,30,31,32);3*1-2H3. The van der Waals surface area contributed by atoms with Gasteiger partial charge in [0.05, 0.1) is 16.8 Å².